The predicted molar refractivity (Wildman–Crippen MR) is 71.3 cm³/mol. The molecule has 0 spiro atoms. The number of aryl methyl sites for hydroxylation is 1. The van der Waals surface area contributed by atoms with E-state index in [0.29, 0.717) is 5.56 Å². The zero-order valence-electron chi connectivity index (χ0n) is 11.4. The van der Waals surface area contributed by atoms with Crippen LogP contribution in [-0.4, -0.2) is 12.1 Å². The Morgan fingerprint density at radius 2 is 1.94 bits per heavy atom. The van der Waals surface area contributed by atoms with Crippen LogP contribution in [0, 0.1) is 0 Å². The lowest BCUT2D eigenvalue weighted by Crippen LogP contribution is -2.16. The Morgan fingerprint density at radius 3 is 2.56 bits per heavy atom. The van der Waals surface area contributed by atoms with Crippen LogP contribution in [0.5, 0.6) is 0 Å². The minimum absolute atomic E-state index is 0.00672. The summed E-state index contributed by atoms with van der Waals surface area (Å²) in [5.41, 5.74) is 1.57. The summed E-state index contributed by atoms with van der Waals surface area (Å²) in [5, 5.41) is 0. The topological polar surface area (TPSA) is 35.5 Å². The second-order valence-corrected chi connectivity index (χ2v) is 4.30. The summed E-state index contributed by atoms with van der Waals surface area (Å²) in [7, 11) is 0. The minimum Gasteiger partial charge on any atom is -0.293 e. The Labute approximate surface area is 109 Å². The Morgan fingerprint density at radius 1 is 1.22 bits per heavy atom. The highest BCUT2D eigenvalue weighted by Crippen LogP contribution is 2.13. The third kappa shape index (κ3) is 4.15. The number of benzene rings is 1. The maximum atomic E-state index is 11.9. The summed E-state index contributed by atoms with van der Waals surface area (Å²) in [6, 6.07) is 7.45. The van der Waals surface area contributed by atoms with E-state index in [-0.39, 0.29) is 6.10 Å². The van der Waals surface area contributed by atoms with E-state index >= 15 is 0 Å². The van der Waals surface area contributed by atoms with E-state index in [1.807, 2.05) is 32.0 Å². The van der Waals surface area contributed by atoms with Gasteiger partial charge in [0.05, 0.1) is 5.56 Å². The van der Waals surface area contributed by atoms with Crippen LogP contribution in [0.25, 0.3) is 0 Å². The van der Waals surface area contributed by atoms with Crippen molar-refractivity contribution in [3.05, 3.63) is 35.4 Å². The number of hydrogen-bond acceptors (Lipinski definition) is 3. The van der Waals surface area contributed by atoms with Gasteiger partial charge in [-0.05, 0) is 30.9 Å². The molecule has 3 heteroatoms. The molecule has 18 heavy (non-hydrogen) atoms. The summed E-state index contributed by atoms with van der Waals surface area (Å²) in [5.74, 6) is -0.401. The Balaban J connectivity index is 2.59. The van der Waals surface area contributed by atoms with E-state index < -0.39 is 5.97 Å². The monoisotopic (exact) mass is 250 g/mol. The van der Waals surface area contributed by atoms with Crippen molar-refractivity contribution in [1.29, 1.82) is 0 Å². The van der Waals surface area contributed by atoms with Crippen molar-refractivity contribution >= 4 is 5.97 Å². The molecule has 0 radical (unpaired) electrons. The summed E-state index contributed by atoms with van der Waals surface area (Å²) >= 11 is 0. The predicted octanol–water partition coefficient (Wildman–Crippen LogP) is 3.92. The molecule has 1 atom stereocenters. The molecule has 0 heterocycles. The molecule has 0 amide bonds. The maximum Gasteiger partial charge on any atom is 0.373 e. The number of carbonyl (C=O) groups is 1. The lowest BCUT2D eigenvalue weighted by atomic mass is 10.1. The Bertz CT molecular complexity index is 374. The third-order valence-electron chi connectivity index (χ3n) is 2.94. The van der Waals surface area contributed by atoms with Gasteiger partial charge in [0.1, 0.15) is 6.10 Å². The molecule has 0 aromatic heterocycles. The second kappa shape index (κ2) is 7.88. The van der Waals surface area contributed by atoms with Crippen LogP contribution in [0.3, 0.4) is 0 Å². The summed E-state index contributed by atoms with van der Waals surface area (Å²) in [4.78, 5) is 22.0. The first kappa shape index (κ1) is 14.7. The van der Waals surface area contributed by atoms with Crippen molar-refractivity contribution in [2.45, 2.75) is 52.6 Å². The van der Waals surface area contributed by atoms with Crippen LogP contribution in [0.15, 0.2) is 24.3 Å². The van der Waals surface area contributed by atoms with Gasteiger partial charge >= 0.3 is 5.97 Å². The number of carbonyl (C=O) groups excluding carboxylic acids is 1. The van der Waals surface area contributed by atoms with Gasteiger partial charge in [-0.15, -0.1) is 0 Å². The van der Waals surface area contributed by atoms with E-state index in [0.717, 1.165) is 31.2 Å². The summed E-state index contributed by atoms with van der Waals surface area (Å²) < 4.78 is 0. The normalized spacial score (nSPS) is 12.2. The quantitative estimate of drug-likeness (QED) is 0.543. The van der Waals surface area contributed by atoms with Crippen molar-refractivity contribution in [2.24, 2.45) is 0 Å². The lowest BCUT2D eigenvalue weighted by Gasteiger charge is -2.13. The molecule has 0 N–H and O–H groups in total. The van der Waals surface area contributed by atoms with Crippen molar-refractivity contribution in [1.82, 2.24) is 0 Å². The molecule has 1 aromatic rings. The SMILES string of the molecule is CCCC(CC)OOC(=O)c1ccccc1CC. The molecular weight excluding hydrogens is 228 g/mol. The van der Waals surface area contributed by atoms with E-state index in [1.54, 1.807) is 6.07 Å². The molecule has 0 bridgehead atoms. The van der Waals surface area contributed by atoms with E-state index in [4.69, 9.17) is 9.78 Å². The van der Waals surface area contributed by atoms with Gasteiger partial charge in [-0.3, -0.25) is 4.89 Å². The molecule has 0 aliphatic carbocycles. The Kier molecular flexibility index (Phi) is 6.44. The zero-order valence-corrected chi connectivity index (χ0v) is 11.4. The van der Waals surface area contributed by atoms with Crippen LogP contribution < -0.4 is 0 Å². The van der Waals surface area contributed by atoms with Gasteiger partial charge in [-0.2, -0.15) is 4.89 Å². The van der Waals surface area contributed by atoms with Gasteiger partial charge in [0.15, 0.2) is 0 Å². The number of hydrogen-bond donors (Lipinski definition) is 0. The molecule has 1 unspecified atom stereocenters. The van der Waals surface area contributed by atoms with Crippen molar-refractivity contribution < 1.29 is 14.6 Å². The van der Waals surface area contributed by atoms with Gasteiger partial charge in [0, 0.05) is 0 Å². The standard InChI is InChI=1S/C15H22O3/c1-4-9-13(6-3)17-18-15(16)14-11-8-7-10-12(14)5-2/h7-8,10-11,13H,4-6,9H2,1-3H3. The highest BCUT2D eigenvalue weighted by molar-refractivity contribution is 5.90. The first-order valence-electron chi connectivity index (χ1n) is 6.68. The van der Waals surface area contributed by atoms with Gasteiger partial charge in [0.25, 0.3) is 0 Å². The second-order valence-electron chi connectivity index (χ2n) is 4.30. The third-order valence-corrected chi connectivity index (χ3v) is 2.94. The Hall–Kier alpha value is -1.35. The summed E-state index contributed by atoms with van der Waals surface area (Å²) in [6.07, 6.45) is 3.56. The molecule has 0 saturated heterocycles. The number of rotatable bonds is 7. The van der Waals surface area contributed by atoms with Crippen molar-refractivity contribution in [3.8, 4) is 0 Å². The molecule has 100 valence electrons. The smallest absolute Gasteiger partial charge is 0.293 e. The van der Waals surface area contributed by atoms with Gasteiger partial charge in [-0.1, -0.05) is 45.4 Å². The van der Waals surface area contributed by atoms with Crippen LogP contribution in [-0.2, 0) is 16.2 Å². The van der Waals surface area contributed by atoms with Gasteiger partial charge < -0.3 is 0 Å². The average molecular weight is 250 g/mol. The van der Waals surface area contributed by atoms with Crippen molar-refractivity contribution in [2.75, 3.05) is 0 Å². The van der Waals surface area contributed by atoms with Crippen molar-refractivity contribution in [3.63, 3.8) is 0 Å². The molecule has 0 saturated carbocycles. The maximum absolute atomic E-state index is 11.9. The molecule has 1 rings (SSSR count). The molecule has 1 aromatic carbocycles. The molecule has 0 fully saturated rings. The molecule has 0 aliphatic heterocycles. The van der Waals surface area contributed by atoms with E-state index in [9.17, 15) is 4.79 Å². The first-order valence-corrected chi connectivity index (χ1v) is 6.68. The largest absolute Gasteiger partial charge is 0.373 e. The molecule has 0 aliphatic rings. The zero-order chi connectivity index (χ0) is 13.4. The van der Waals surface area contributed by atoms with E-state index in [2.05, 4.69) is 6.92 Å². The van der Waals surface area contributed by atoms with E-state index in [1.165, 1.54) is 0 Å². The highest BCUT2D eigenvalue weighted by atomic mass is 17.2. The fourth-order valence-electron chi connectivity index (χ4n) is 1.83. The molecule has 3 nitrogen and oxygen atoms in total. The fourth-order valence-corrected chi connectivity index (χ4v) is 1.83. The van der Waals surface area contributed by atoms with Crippen LogP contribution >= 0.6 is 0 Å². The van der Waals surface area contributed by atoms with Gasteiger partial charge in [0.2, 0.25) is 0 Å². The van der Waals surface area contributed by atoms with Crippen LogP contribution in [0.2, 0.25) is 0 Å². The summed E-state index contributed by atoms with van der Waals surface area (Å²) in [6.45, 7) is 6.12. The van der Waals surface area contributed by atoms with Gasteiger partial charge in [-0.25, -0.2) is 4.79 Å². The van der Waals surface area contributed by atoms with Crippen LogP contribution in [0.1, 0.15) is 56.0 Å². The highest BCUT2D eigenvalue weighted by Gasteiger charge is 2.15. The van der Waals surface area contributed by atoms with Crippen LogP contribution in [0.4, 0.5) is 0 Å². The average Bonchev–Trinajstić information content (AvgIpc) is 2.42. The fraction of sp³-hybridized carbons (Fsp3) is 0.533. The minimum atomic E-state index is -0.401. The molecular formula is C15H22O3. The lowest BCUT2D eigenvalue weighted by molar-refractivity contribution is -0.276. The first-order chi connectivity index (χ1) is 8.72.